The summed E-state index contributed by atoms with van der Waals surface area (Å²) >= 11 is 0. The normalized spacial score (nSPS) is 12.1. The molecule has 0 fully saturated rings. The highest BCUT2D eigenvalue weighted by molar-refractivity contribution is 5.90. The number of carboxylic acid groups (broad SMARTS) is 4. The molecule has 0 heterocycles. The van der Waals surface area contributed by atoms with Crippen LogP contribution in [0.15, 0.2) is 48.5 Å². The van der Waals surface area contributed by atoms with Gasteiger partial charge in [0.2, 0.25) is 35.4 Å². The lowest BCUT2D eigenvalue weighted by molar-refractivity contribution is -0.142. The highest BCUT2D eigenvalue weighted by Crippen LogP contribution is 2.21. The van der Waals surface area contributed by atoms with Crippen molar-refractivity contribution in [2.75, 3.05) is 145 Å². The molecule has 0 spiro atoms. The summed E-state index contributed by atoms with van der Waals surface area (Å²) in [5.74, 6) is -6.21. The number of carboxylic acids is 4. The zero-order chi connectivity index (χ0) is 87.1. The molecule has 0 radical (unpaired) electrons. The van der Waals surface area contributed by atoms with Crippen LogP contribution in [-0.4, -0.2) is 260 Å². The van der Waals surface area contributed by atoms with Gasteiger partial charge < -0.3 is 99.7 Å². The number of aromatic carboxylic acids is 2. The van der Waals surface area contributed by atoms with Crippen molar-refractivity contribution in [3.8, 4) is 11.5 Å². The Hall–Kier alpha value is -8.90. The number of ether oxygens (including phenoxy) is 10. The van der Waals surface area contributed by atoms with Crippen molar-refractivity contribution in [3.05, 3.63) is 59.7 Å². The summed E-state index contributed by atoms with van der Waals surface area (Å²) in [5, 5.41) is 53.1. The van der Waals surface area contributed by atoms with Gasteiger partial charge in [0.15, 0.2) is 5.78 Å². The van der Waals surface area contributed by atoms with Crippen LogP contribution in [-0.2, 0) is 95.4 Å². The van der Waals surface area contributed by atoms with Gasteiger partial charge in [-0.25, -0.2) is 19.2 Å². The summed E-state index contributed by atoms with van der Waals surface area (Å²) in [6, 6.07) is 10.2. The van der Waals surface area contributed by atoms with E-state index in [0.717, 1.165) is 77.0 Å². The Balaban J connectivity index is 0.0000720. The minimum absolute atomic E-state index is 0. The summed E-state index contributed by atoms with van der Waals surface area (Å²) in [7, 11) is 0. The Morgan fingerprint density at radius 1 is 0.319 bits per heavy atom. The zero-order valence-electron chi connectivity index (χ0n) is 70.0. The Bertz CT molecular complexity index is 3230. The SMILES string of the molecule is CC(=O)[C@H](CCCCNC(=O)COCCOCCCC(=O)COCCOCCNC(=O)CC[C@H](NC(=O)CCCCCCCCCOc1ccc(C(=O)O)cc1)C(=O)O)CC(=O)[C@@H](C)CCCCNC(=O)COCCOCCNC(=O)COCCOCCCC(=O)CC[C@H](NC(=O)CCCCCCCCCOc1ccc(C(=O)O)cc1)C(=O)O.[HH].[HH]. The van der Waals surface area contributed by atoms with Crippen molar-refractivity contribution in [1.82, 2.24) is 31.9 Å². The van der Waals surface area contributed by atoms with E-state index in [2.05, 4.69) is 31.9 Å². The predicted molar refractivity (Wildman–Crippen MR) is 441 cm³/mol. The van der Waals surface area contributed by atoms with Crippen LogP contribution < -0.4 is 41.4 Å². The molecule has 34 heteroatoms. The Labute approximate surface area is 702 Å². The van der Waals surface area contributed by atoms with Crippen LogP contribution in [0.4, 0.5) is 0 Å². The molecule has 0 unspecified atom stereocenters. The average molecular weight is 1690 g/mol. The summed E-state index contributed by atoms with van der Waals surface area (Å²) in [4.78, 5) is 169. The molecule has 10 N–H and O–H groups in total. The van der Waals surface area contributed by atoms with Gasteiger partial charge in [-0.15, -0.1) is 0 Å². The molecule has 0 aliphatic carbocycles. The van der Waals surface area contributed by atoms with Gasteiger partial charge in [0.1, 0.15) is 67.4 Å². The monoisotopic (exact) mass is 1690 g/mol. The van der Waals surface area contributed by atoms with Crippen molar-refractivity contribution in [3.63, 3.8) is 0 Å². The maximum atomic E-state index is 13.1. The van der Waals surface area contributed by atoms with Crippen LogP contribution >= 0.6 is 0 Å². The molecule has 6 amide bonds. The van der Waals surface area contributed by atoms with Crippen LogP contribution in [0.2, 0.25) is 0 Å². The number of hydrogen-bond acceptors (Lipinski definition) is 24. The van der Waals surface area contributed by atoms with E-state index in [4.69, 9.17) is 57.6 Å². The second-order valence-electron chi connectivity index (χ2n) is 29.0. The quantitative estimate of drug-likeness (QED) is 0.0278. The van der Waals surface area contributed by atoms with E-state index in [0.29, 0.717) is 109 Å². The van der Waals surface area contributed by atoms with Gasteiger partial charge >= 0.3 is 23.9 Å². The van der Waals surface area contributed by atoms with Gasteiger partial charge in [0.25, 0.3) is 0 Å². The van der Waals surface area contributed by atoms with Crippen molar-refractivity contribution in [2.24, 2.45) is 11.8 Å². The number of unbranched alkanes of at least 4 members (excludes halogenated alkanes) is 14. The fourth-order valence-electron chi connectivity index (χ4n) is 11.8. The largest absolute Gasteiger partial charge is 0.494 e. The van der Waals surface area contributed by atoms with Crippen LogP contribution in [0, 0.1) is 11.8 Å². The van der Waals surface area contributed by atoms with E-state index in [1.54, 1.807) is 24.3 Å². The molecule has 0 aliphatic rings. The lowest BCUT2D eigenvalue weighted by Crippen LogP contribution is -2.41. The molecule has 2 rings (SSSR count). The van der Waals surface area contributed by atoms with E-state index >= 15 is 0 Å². The topological polar surface area (TPSA) is 484 Å². The van der Waals surface area contributed by atoms with Gasteiger partial charge in [-0.05, 0) is 133 Å². The van der Waals surface area contributed by atoms with Crippen molar-refractivity contribution in [2.45, 2.75) is 225 Å². The molecule has 4 atom stereocenters. The highest BCUT2D eigenvalue weighted by Gasteiger charge is 2.25. The smallest absolute Gasteiger partial charge is 0.335 e. The Morgan fingerprint density at radius 2 is 0.681 bits per heavy atom. The van der Waals surface area contributed by atoms with E-state index in [1.165, 1.54) is 31.2 Å². The molecule has 2 aromatic carbocycles. The molecule has 0 saturated carbocycles. The Kier molecular flexibility index (Phi) is 63.3. The first kappa shape index (κ1) is 106. The number of benzene rings is 2. The highest BCUT2D eigenvalue weighted by atomic mass is 16.5. The minimum atomic E-state index is -1.22. The standard InChI is InChI=1S/C85H134N6O28.2H2/c1-64(23-15-17-41-86-79(99)62-117-58-54-113-50-44-89-81(101)63-116-57-51-110-45-21-25-69(93)33-38-73(84(106)107)90-77(97)27-13-9-5-3-7-11-19-47-118-71-34-29-66(30-35-71)82(102)103)75(95)59-68(65(2)92)24-16-18-42-87-80(100)61-115-56-52-111-46-22-26-70(94)60-114-55-53-112-49-43-88-76(96)40-39-74(85(108)109)91-78(98)28-14-10-6-4-8-12-20-48-119-72-36-31-67(32-37-72)83(104)105;;/h29-32,34-37,64,68,73-74H,3-28,33,38-63H2,1-2H3,(H,86,99)(H,87,100)(H,88,96)(H,89,101)(H,90,97)(H,91,98)(H,102,103)(H,104,105)(H,106,107)(H,108,109);2*1H/t64-,68+,73-,74-;;/m0../s1. The van der Waals surface area contributed by atoms with E-state index in [1.807, 2.05) is 6.92 Å². The van der Waals surface area contributed by atoms with Crippen molar-refractivity contribution in [1.29, 1.82) is 0 Å². The van der Waals surface area contributed by atoms with E-state index in [-0.39, 0.29) is 248 Å². The molecule has 119 heavy (non-hydrogen) atoms. The molecule has 0 aromatic heterocycles. The molecule has 0 saturated heterocycles. The molecule has 2 aromatic rings. The number of aliphatic carboxylic acids is 2. The first-order chi connectivity index (χ1) is 57.4. The maximum Gasteiger partial charge on any atom is 0.335 e. The summed E-state index contributed by atoms with van der Waals surface area (Å²) in [6.45, 7) is 7.38. The van der Waals surface area contributed by atoms with Gasteiger partial charge in [-0.2, -0.15) is 0 Å². The van der Waals surface area contributed by atoms with Crippen LogP contribution in [0.5, 0.6) is 11.5 Å². The predicted octanol–water partition coefficient (Wildman–Crippen LogP) is 8.41. The number of ketones is 4. The number of carbonyl (C=O) groups excluding carboxylic acids is 10. The van der Waals surface area contributed by atoms with Crippen LogP contribution in [0.1, 0.15) is 236 Å². The van der Waals surface area contributed by atoms with Gasteiger partial charge in [0, 0.05) is 99.0 Å². The van der Waals surface area contributed by atoms with Crippen molar-refractivity contribution < 1.29 is 138 Å². The summed E-state index contributed by atoms with van der Waals surface area (Å²) < 4.78 is 54.7. The first-order valence-corrected chi connectivity index (χ1v) is 42.2. The second kappa shape index (κ2) is 70.9. The number of Topliss-reactive ketones (excluding diaryl/α,β-unsaturated/α-hetero) is 4. The second-order valence-corrected chi connectivity index (χ2v) is 29.0. The average Bonchev–Trinajstić information content (AvgIpc) is 0.876. The third-order valence-corrected chi connectivity index (χ3v) is 18.8. The molecule has 34 nitrogen and oxygen atoms in total. The lowest BCUT2D eigenvalue weighted by Gasteiger charge is -2.16. The van der Waals surface area contributed by atoms with Gasteiger partial charge in [-0.1, -0.05) is 84.0 Å². The number of amides is 6. The Morgan fingerprint density at radius 3 is 1.10 bits per heavy atom. The van der Waals surface area contributed by atoms with Crippen LogP contribution in [0.25, 0.3) is 0 Å². The van der Waals surface area contributed by atoms with Gasteiger partial charge in [0.05, 0.1) is 90.4 Å². The van der Waals surface area contributed by atoms with E-state index < -0.39 is 41.9 Å². The third kappa shape index (κ3) is 61.1. The minimum Gasteiger partial charge on any atom is -0.494 e. The zero-order valence-corrected chi connectivity index (χ0v) is 70.0. The van der Waals surface area contributed by atoms with E-state index in [9.17, 15) is 77.3 Å². The molecule has 0 bridgehead atoms. The summed E-state index contributed by atoms with van der Waals surface area (Å²) in [5.41, 5.74) is 0.409. The summed E-state index contributed by atoms with van der Waals surface area (Å²) in [6.07, 6.45) is 17.8. The fourth-order valence-corrected chi connectivity index (χ4v) is 11.8. The fraction of sp³-hybridized carbons (Fsp3) is 0.694. The maximum absolute atomic E-state index is 13.1. The number of carbonyl (C=O) groups is 14. The lowest BCUT2D eigenvalue weighted by atomic mass is 9.87. The first-order valence-electron chi connectivity index (χ1n) is 42.2. The molecular weight excluding hydrogens is 1550 g/mol. The van der Waals surface area contributed by atoms with Crippen molar-refractivity contribution >= 4 is 82.5 Å². The molecule has 0 aliphatic heterocycles. The number of nitrogens with one attached hydrogen (secondary N) is 6. The third-order valence-electron chi connectivity index (χ3n) is 18.8. The molecule has 676 valence electrons. The number of rotatable bonds is 82. The van der Waals surface area contributed by atoms with Gasteiger partial charge in [-0.3, -0.25) is 47.9 Å². The van der Waals surface area contributed by atoms with Crippen LogP contribution in [0.3, 0.4) is 0 Å². The number of hydrogen-bond donors (Lipinski definition) is 10. The molecular formula is C85H138N6O28.